The predicted molar refractivity (Wildman–Crippen MR) is 88.6 cm³/mol. The highest BCUT2D eigenvalue weighted by Gasteiger charge is 2.10. The zero-order valence-corrected chi connectivity index (χ0v) is 14.2. The lowest BCUT2D eigenvalue weighted by molar-refractivity contribution is 0.399. The maximum Gasteiger partial charge on any atom is 0.0177 e. The quantitative estimate of drug-likeness (QED) is 0.627. The lowest BCUT2D eigenvalue weighted by Gasteiger charge is -2.19. The van der Waals surface area contributed by atoms with Crippen molar-refractivity contribution in [3.63, 3.8) is 0 Å². The summed E-state index contributed by atoms with van der Waals surface area (Å²) in [4.78, 5) is 0. The number of halogens is 1. The highest BCUT2D eigenvalue weighted by molar-refractivity contribution is 9.10. The van der Waals surface area contributed by atoms with Gasteiger partial charge in [-0.3, -0.25) is 0 Å². The standard InChI is InChI=1S/C17H28BrN/c1-4-10-19-13-16(9-8-14(2)3)11-15-6-5-7-17(18)12-15/h5-7,12,14,16,19H,4,8-11,13H2,1-3H3. The molecule has 0 fully saturated rings. The van der Waals surface area contributed by atoms with Crippen LogP contribution in [0.2, 0.25) is 0 Å². The van der Waals surface area contributed by atoms with E-state index in [2.05, 4.69) is 66.3 Å². The summed E-state index contributed by atoms with van der Waals surface area (Å²) in [5.41, 5.74) is 1.45. The van der Waals surface area contributed by atoms with Gasteiger partial charge < -0.3 is 5.32 Å². The van der Waals surface area contributed by atoms with Gasteiger partial charge in [0.15, 0.2) is 0 Å². The van der Waals surface area contributed by atoms with E-state index in [0.29, 0.717) is 0 Å². The smallest absolute Gasteiger partial charge is 0.0177 e. The summed E-state index contributed by atoms with van der Waals surface area (Å²) >= 11 is 3.56. The van der Waals surface area contributed by atoms with E-state index >= 15 is 0 Å². The van der Waals surface area contributed by atoms with Gasteiger partial charge in [0, 0.05) is 4.47 Å². The van der Waals surface area contributed by atoms with Crippen molar-refractivity contribution in [3.05, 3.63) is 34.3 Å². The van der Waals surface area contributed by atoms with Crippen LogP contribution in [0.1, 0.15) is 45.6 Å². The Hall–Kier alpha value is -0.340. The molecule has 0 radical (unpaired) electrons. The summed E-state index contributed by atoms with van der Waals surface area (Å²) < 4.78 is 1.19. The molecule has 108 valence electrons. The number of benzene rings is 1. The van der Waals surface area contributed by atoms with Crippen LogP contribution in [0, 0.1) is 11.8 Å². The van der Waals surface area contributed by atoms with Gasteiger partial charge >= 0.3 is 0 Å². The van der Waals surface area contributed by atoms with Gasteiger partial charge in [0.2, 0.25) is 0 Å². The van der Waals surface area contributed by atoms with Crippen LogP contribution in [0.4, 0.5) is 0 Å². The molecule has 0 aliphatic heterocycles. The fourth-order valence-electron chi connectivity index (χ4n) is 2.33. The van der Waals surface area contributed by atoms with Crippen LogP contribution in [0.15, 0.2) is 28.7 Å². The molecule has 1 N–H and O–H groups in total. The first kappa shape index (κ1) is 16.7. The molecule has 0 saturated heterocycles. The van der Waals surface area contributed by atoms with E-state index in [9.17, 15) is 0 Å². The predicted octanol–water partition coefficient (Wildman–Crippen LogP) is 5.04. The molecule has 19 heavy (non-hydrogen) atoms. The minimum absolute atomic E-state index is 0.753. The molecule has 1 unspecified atom stereocenters. The lowest BCUT2D eigenvalue weighted by Crippen LogP contribution is -2.25. The molecule has 0 aliphatic carbocycles. The summed E-state index contributed by atoms with van der Waals surface area (Å²) in [5, 5.41) is 3.58. The number of nitrogens with one attached hydrogen (secondary N) is 1. The van der Waals surface area contributed by atoms with Crippen LogP contribution in [0.5, 0.6) is 0 Å². The van der Waals surface area contributed by atoms with Crippen molar-refractivity contribution in [1.29, 1.82) is 0 Å². The largest absolute Gasteiger partial charge is 0.316 e. The van der Waals surface area contributed by atoms with E-state index in [4.69, 9.17) is 0 Å². The summed E-state index contributed by atoms with van der Waals surface area (Å²) in [5.74, 6) is 1.56. The molecule has 0 spiro atoms. The van der Waals surface area contributed by atoms with Crippen LogP contribution in [0.25, 0.3) is 0 Å². The maximum atomic E-state index is 3.58. The first-order valence-electron chi connectivity index (χ1n) is 7.57. The molecule has 0 saturated carbocycles. The van der Waals surface area contributed by atoms with Crippen molar-refractivity contribution >= 4 is 15.9 Å². The second-order valence-corrected chi connectivity index (χ2v) is 6.79. The van der Waals surface area contributed by atoms with E-state index in [1.807, 2.05) is 0 Å². The Morgan fingerprint density at radius 3 is 2.63 bits per heavy atom. The van der Waals surface area contributed by atoms with Crippen LogP contribution >= 0.6 is 15.9 Å². The maximum absolute atomic E-state index is 3.58. The second-order valence-electron chi connectivity index (χ2n) is 5.88. The number of hydrogen-bond donors (Lipinski definition) is 1. The van der Waals surface area contributed by atoms with Crippen molar-refractivity contribution in [2.24, 2.45) is 11.8 Å². The van der Waals surface area contributed by atoms with Gasteiger partial charge in [0.1, 0.15) is 0 Å². The van der Waals surface area contributed by atoms with Gasteiger partial charge in [-0.05, 0) is 61.9 Å². The molecular formula is C17H28BrN. The Morgan fingerprint density at radius 2 is 2.00 bits per heavy atom. The fourth-order valence-corrected chi connectivity index (χ4v) is 2.77. The molecule has 0 aromatic heterocycles. The molecule has 2 heteroatoms. The highest BCUT2D eigenvalue weighted by atomic mass is 79.9. The van der Waals surface area contributed by atoms with E-state index in [-0.39, 0.29) is 0 Å². The Kier molecular flexibility index (Phi) is 8.40. The molecule has 1 atom stereocenters. The highest BCUT2D eigenvalue weighted by Crippen LogP contribution is 2.19. The van der Waals surface area contributed by atoms with Crippen molar-refractivity contribution in [1.82, 2.24) is 5.32 Å². The van der Waals surface area contributed by atoms with Crippen molar-refractivity contribution < 1.29 is 0 Å². The molecule has 0 heterocycles. The summed E-state index contributed by atoms with van der Waals surface area (Å²) in [6.45, 7) is 9.14. The van der Waals surface area contributed by atoms with Crippen molar-refractivity contribution in [3.8, 4) is 0 Å². The van der Waals surface area contributed by atoms with E-state index in [1.165, 1.54) is 35.7 Å². The van der Waals surface area contributed by atoms with Gasteiger partial charge in [0.05, 0.1) is 0 Å². The van der Waals surface area contributed by atoms with Gasteiger partial charge in [0.25, 0.3) is 0 Å². The molecule has 1 nitrogen and oxygen atoms in total. The molecule has 1 aromatic rings. The third-order valence-electron chi connectivity index (χ3n) is 3.43. The first-order chi connectivity index (χ1) is 9.11. The summed E-state index contributed by atoms with van der Waals surface area (Å²) in [6, 6.07) is 8.73. The SMILES string of the molecule is CCCNCC(CCC(C)C)Cc1cccc(Br)c1. The van der Waals surface area contributed by atoms with Gasteiger partial charge in [-0.15, -0.1) is 0 Å². The number of rotatable bonds is 9. The zero-order valence-electron chi connectivity index (χ0n) is 12.6. The fraction of sp³-hybridized carbons (Fsp3) is 0.647. The van der Waals surface area contributed by atoms with Gasteiger partial charge in [-0.25, -0.2) is 0 Å². The molecule has 0 bridgehead atoms. The molecule has 1 rings (SSSR count). The van der Waals surface area contributed by atoms with E-state index in [0.717, 1.165) is 24.9 Å². The Morgan fingerprint density at radius 1 is 1.21 bits per heavy atom. The average molecular weight is 326 g/mol. The van der Waals surface area contributed by atoms with Crippen molar-refractivity contribution in [2.75, 3.05) is 13.1 Å². The van der Waals surface area contributed by atoms with E-state index < -0.39 is 0 Å². The lowest BCUT2D eigenvalue weighted by atomic mass is 9.92. The topological polar surface area (TPSA) is 12.0 Å². The zero-order chi connectivity index (χ0) is 14.1. The molecule has 0 aliphatic rings. The molecular weight excluding hydrogens is 298 g/mol. The van der Waals surface area contributed by atoms with E-state index in [1.54, 1.807) is 0 Å². The van der Waals surface area contributed by atoms with Gasteiger partial charge in [-0.1, -0.05) is 55.3 Å². The van der Waals surface area contributed by atoms with Crippen LogP contribution in [0.3, 0.4) is 0 Å². The van der Waals surface area contributed by atoms with Crippen molar-refractivity contribution in [2.45, 2.75) is 46.5 Å². The van der Waals surface area contributed by atoms with Crippen LogP contribution in [-0.4, -0.2) is 13.1 Å². The van der Waals surface area contributed by atoms with Crippen LogP contribution < -0.4 is 5.32 Å². The summed E-state index contributed by atoms with van der Waals surface area (Å²) in [7, 11) is 0. The molecule has 1 aromatic carbocycles. The number of hydrogen-bond acceptors (Lipinski definition) is 1. The Labute approximate surface area is 127 Å². The third kappa shape index (κ3) is 7.74. The third-order valence-corrected chi connectivity index (χ3v) is 3.92. The Bertz CT molecular complexity index is 349. The Balaban J connectivity index is 2.51. The normalized spacial score (nSPS) is 12.9. The minimum Gasteiger partial charge on any atom is -0.316 e. The average Bonchev–Trinajstić information content (AvgIpc) is 2.36. The monoisotopic (exact) mass is 325 g/mol. The molecule has 0 amide bonds. The minimum atomic E-state index is 0.753. The van der Waals surface area contributed by atoms with Crippen LogP contribution in [-0.2, 0) is 6.42 Å². The summed E-state index contributed by atoms with van der Waals surface area (Å²) in [6.07, 6.45) is 5.05. The first-order valence-corrected chi connectivity index (χ1v) is 8.36. The van der Waals surface area contributed by atoms with Gasteiger partial charge in [-0.2, -0.15) is 0 Å². The second kappa shape index (κ2) is 9.55.